The molecule has 0 aliphatic heterocycles. The van der Waals surface area contributed by atoms with E-state index in [4.69, 9.17) is 15.1 Å². The number of nitrogens with zero attached hydrogens (tertiary/aromatic N) is 1. The second-order valence-corrected chi connectivity index (χ2v) is 9.45. The van der Waals surface area contributed by atoms with Crippen molar-refractivity contribution in [3.63, 3.8) is 0 Å². The van der Waals surface area contributed by atoms with E-state index in [1.54, 1.807) is 0 Å². The van der Waals surface area contributed by atoms with Gasteiger partial charge in [-0.3, -0.25) is 14.4 Å². The number of amides is 2. The third-order valence-corrected chi connectivity index (χ3v) is 6.93. The summed E-state index contributed by atoms with van der Waals surface area (Å²) in [7, 11) is 1.45. The zero-order valence-corrected chi connectivity index (χ0v) is 23.0. The van der Waals surface area contributed by atoms with Crippen molar-refractivity contribution in [3.8, 4) is 0 Å². The highest BCUT2D eigenvalue weighted by molar-refractivity contribution is 14.1. The Labute approximate surface area is 219 Å². The van der Waals surface area contributed by atoms with Crippen molar-refractivity contribution in [1.29, 1.82) is 0 Å². The monoisotopic (exact) mass is 777 g/mol. The predicted molar refractivity (Wildman–Crippen MR) is 136 cm³/mol. The number of anilines is 1. The number of hydrogen-bond donors (Lipinski definition) is 6. The van der Waals surface area contributed by atoms with Crippen LogP contribution in [-0.4, -0.2) is 83.8 Å². The molecule has 0 fully saturated rings. The van der Waals surface area contributed by atoms with Crippen LogP contribution in [0.3, 0.4) is 0 Å². The van der Waals surface area contributed by atoms with Gasteiger partial charge < -0.3 is 35.9 Å². The topological polar surface area (TPSA) is 169 Å². The lowest BCUT2D eigenvalue weighted by Gasteiger charge is -2.25. The van der Waals surface area contributed by atoms with Crippen LogP contribution < -0.4 is 15.7 Å². The van der Waals surface area contributed by atoms with Crippen molar-refractivity contribution in [1.82, 2.24) is 10.6 Å². The van der Waals surface area contributed by atoms with Crippen molar-refractivity contribution >= 4 is 91.2 Å². The highest BCUT2D eigenvalue weighted by Gasteiger charge is 2.30. The van der Waals surface area contributed by atoms with Crippen LogP contribution in [0.5, 0.6) is 0 Å². The fraction of sp³-hybridized carbons (Fsp3) is 0.471. The van der Waals surface area contributed by atoms with E-state index in [1.807, 2.05) is 67.8 Å². The van der Waals surface area contributed by atoms with Crippen molar-refractivity contribution in [2.45, 2.75) is 19.1 Å². The van der Waals surface area contributed by atoms with Crippen molar-refractivity contribution in [2.24, 2.45) is 0 Å². The van der Waals surface area contributed by atoms with Crippen LogP contribution in [-0.2, 0) is 9.63 Å². The average Bonchev–Trinajstić information content (AvgIpc) is 2.69. The van der Waals surface area contributed by atoms with E-state index in [0.29, 0.717) is 10.7 Å². The molecule has 174 valence electrons. The summed E-state index contributed by atoms with van der Waals surface area (Å²) >= 11 is 5.63. The SMILES string of the molecule is CC(=O)ON(C)c1c(I)c(C(=O)NCC(O)CO)c(I)c(C(=O)NCC(O)CO)c1I. The third-order valence-electron chi connectivity index (χ3n) is 3.75. The second kappa shape index (κ2) is 13.2. The Hall–Kier alpha value is -0.540. The minimum absolute atomic E-state index is 0.105. The van der Waals surface area contributed by atoms with E-state index in [1.165, 1.54) is 14.0 Å². The Morgan fingerprint density at radius 3 is 1.61 bits per heavy atom. The highest BCUT2D eigenvalue weighted by Crippen LogP contribution is 2.37. The van der Waals surface area contributed by atoms with Crippen LogP contribution in [0.1, 0.15) is 27.6 Å². The van der Waals surface area contributed by atoms with E-state index in [-0.39, 0.29) is 29.9 Å². The fourth-order valence-corrected chi connectivity index (χ4v) is 7.12. The van der Waals surface area contributed by atoms with Crippen LogP contribution in [0.2, 0.25) is 0 Å². The molecule has 2 atom stereocenters. The molecule has 31 heavy (non-hydrogen) atoms. The fourth-order valence-electron chi connectivity index (χ4n) is 2.29. The molecule has 0 spiro atoms. The Kier molecular flexibility index (Phi) is 12.2. The van der Waals surface area contributed by atoms with Gasteiger partial charge in [0.2, 0.25) is 0 Å². The maximum absolute atomic E-state index is 12.9. The summed E-state index contributed by atoms with van der Waals surface area (Å²) in [5.74, 6) is -1.83. The lowest BCUT2D eigenvalue weighted by atomic mass is 10.1. The molecule has 2 amide bonds. The molecule has 0 saturated heterocycles. The van der Waals surface area contributed by atoms with Crippen LogP contribution in [0.25, 0.3) is 0 Å². The average molecular weight is 777 g/mol. The maximum Gasteiger partial charge on any atom is 0.329 e. The number of aliphatic hydroxyl groups excluding tert-OH is 4. The molecule has 0 saturated carbocycles. The Balaban J connectivity index is 3.55. The molecule has 0 aromatic heterocycles. The van der Waals surface area contributed by atoms with Gasteiger partial charge in [0.1, 0.15) is 5.69 Å². The minimum Gasteiger partial charge on any atom is -0.394 e. The third kappa shape index (κ3) is 7.77. The van der Waals surface area contributed by atoms with Gasteiger partial charge in [-0.25, -0.2) is 5.06 Å². The Morgan fingerprint density at radius 2 is 1.29 bits per heavy atom. The normalized spacial score (nSPS) is 12.7. The van der Waals surface area contributed by atoms with E-state index >= 15 is 0 Å². The number of nitrogens with one attached hydrogen (secondary N) is 2. The largest absolute Gasteiger partial charge is 0.394 e. The highest BCUT2D eigenvalue weighted by atomic mass is 127. The summed E-state index contributed by atoms with van der Waals surface area (Å²) in [5.41, 5.74) is 0.500. The number of hydroxylamine groups is 1. The van der Waals surface area contributed by atoms with E-state index in [2.05, 4.69) is 10.6 Å². The second-order valence-electron chi connectivity index (χ2n) is 6.21. The zero-order chi connectivity index (χ0) is 23.9. The van der Waals surface area contributed by atoms with Gasteiger partial charge in [-0.05, 0) is 67.8 Å². The molecule has 1 aromatic rings. The first kappa shape index (κ1) is 28.5. The number of aliphatic hydroxyl groups is 4. The predicted octanol–water partition coefficient (Wildman–Crippen LogP) is -0.419. The maximum atomic E-state index is 12.9. The van der Waals surface area contributed by atoms with Gasteiger partial charge in [0.25, 0.3) is 11.8 Å². The number of carbonyl (C=O) groups is 3. The lowest BCUT2D eigenvalue weighted by Crippen LogP contribution is -2.37. The van der Waals surface area contributed by atoms with Gasteiger partial charge in [0, 0.05) is 30.6 Å². The first-order chi connectivity index (χ1) is 14.5. The summed E-state index contributed by atoms with van der Waals surface area (Å²) in [6.45, 7) is -0.304. The van der Waals surface area contributed by atoms with Gasteiger partial charge in [-0.1, -0.05) is 0 Å². The number of rotatable bonds is 10. The van der Waals surface area contributed by atoms with Gasteiger partial charge in [-0.2, -0.15) is 0 Å². The first-order valence-electron chi connectivity index (χ1n) is 8.73. The van der Waals surface area contributed by atoms with Crippen molar-refractivity contribution < 1.29 is 39.6 Å². The van der Waals surface area contributed by atoms with Gasteiger partial charge in [-0.15, -0.1) is 0 Å². The lowest BCUT2D eigenvalue weighted by molar-refractivity contribution is -0.141. The molecule has 2 unspecified atom stereocenters. The van der Waals surface area contributed by atoms with E-state index < -0.39 is 43.2 Å². The molecule has 1 rings (SSSR count). The summed E-state index contributed by atoms with van der Waals surface area (Å²) in [5, 5.41) is 43.1. The molecule has 1 aromatic carbocycles. The van der Waals surface area contributed by atoms with E-state index in [9.17, 15) is 24.6 Å². The van der Waals surface area contributed by atoms with Crippen LogP contribution >= 0.6 is 67.8 Å². The molecule has 6 N–H and O–H groups in total. The molecule has 0 heterocycles. The van der Waals surface area contributed by atoms with Crippen molar-refractivity contribution in [3.05, 3.63) is 21.8 Å². The van der Waals surface area contributed by atoms with Crippen LogP contribution in [0, 0.1) is 10.7 Å². The first-order valence-corrected chi connectivity index (χ1v) is 12.0. The molecule has 0 bridgehead atoms. The molecule has 0 radical (unpaired) electrons. The summed E-state index contributed by atoms with van der Waals surface area (Å²) < 4.78 is 1.06. The van der Waals surface area contributed by atoms with Gasteiger partial charge >= 0.3 is 5.97 Å². The van der Waals surface area contributed by atoms with E-state index in [0.717, 1.165) is 5.06 Å². The molecular formula is C17H22I3N3O8. The molecule has 0 aliphatic carbocycles. The Bertz CT molecular complexity index is 786. The molecule has 0 aliphatic rings. The van der Waals surface area contributed by atoms with Crippen LogP contribution in [0.4, 0.5) is 5.69 Å². The molecule has 14 heteroatoms. The summed E-state index contributed by atoms with van der Waals surface area (Å²) in [6.07, 6.45) is -2.32. The zero-order valence-electron chi connectivity index (χ0n) is 16.5. The number of hydrogen-bond acceptors (Lipinski definition) is 9. The quantitative estimate of drug-likeness (QED) is 0.137. The van der Waals surface area contributed by atoms with Gasteiger partial charge in [0.15, 0.2) is 0 Å². The molecular weight excluding hydrogens is 755 g/mol. The summed E-state index contributed by atoms with van der Waals surface area (Å²) in [6, 6.07) is 0. The standard InChI is InChI=1S/C17H22I3N3O8/c1-7(26)31-23(2)15-13(19)10(16(29)21-3-8(27)5-24)12(18)11(14(15)20)17(30)22-4-9(28)6-25/h8-9,24-25,27-28H,3-6H2,1-2H3,(H,21,29)(H,22,30). The molecule has 11 nitrogen and oxygen atoms in total. The summed E-state index contributed by atoms with van der Waals surface area (Å²) in [4.78, 5) is 42.3. The smallest absolute Gasteiger partial charge is 0.329 e. The number of benzene rings is 1. The number of halogens is 3. The Morgan fingerprint density at radius 1 is 0.903 bits per heavy atom. The minimum atomic E-state index is -1.16. The van der Waals surface area contributed by atoms with Crippen molar-refractivity contribution in [2.75, 3.05) is 38.4 Å². The number of carbonyl (C=O) groups excluding carboxylic acids is 3. The van der Waals surface area contributed by atoms with Crippen LogP contribution in [0.15, 0.2) is 0 Å². The van der Waals surface area contributed by atoms with Gasteiger partial charge in [0.05, 0.1) is 43.7 Å².